The second kappa shape index (κ2) is 12.9. The van der Waals surface area contributed by atoms with Gasteiger partial charge in [-0.25, -0.2) is 4.79 Å². The van der Waals surface area contributed by atoms with E-state index in [1.54, 1.807) is 0 Å². The monoisotopic (exact) mass is 288 g/mol. The largest absolute Gasteiger partial charge is 0.466 e. The Balaban J connectivity index is 4.02. The van der Waals surface area contributed by atoms with Gasteiger partial charge in [-0.2, -0.15) is 0 Å². The van der Waals surface area contributed by atoms with Crippen LogP contribution in [0.3, 0.4) is 0 Å². The van der Waals surface area contributed by atoms with Crippen molar-refractivity contribution in [3.05, 3.63) is 0 Å². The lowest BCUT2D eigenvalue weighted by Crippen LogP contribution is -2.27. The number of carbonyl (C=O) groups excluding carboxylic acids is 2. The minimum atomic E-state index is -0.569. The first-order valence-electron chi connectivity index (χ1n) is 7.59. The van der Waals surface area contributed by atoms with E-state index in [4.69, 9.17) is 14.2 Å². The van der Waals surface area contributed by atoms with Crippen molar-refractivity contribution in [3.8, 4) is 0 Å². The Morgan fingerprint density at radius 3 is 2.10 bits per heavy atom. The highest BCUT2D eigenvalue weighted by Crippen LogP contribution is 2.09. The van der Waals surface area contributed by atoms with Gasteiger partial charge < -0.3 is 14.2 Å². The summed E-state index contributed by atoms with van der Waals surface area (Å²) < 4.78 is 15.6. The molecule has 0 aliphatic carbocycles. The summed E-state index contributed by atoms with van der Waals surface area (Å²) in [5.41, 5.74) is 0. The van der Waals surface area contributed by atoms with Crippen LogP contribution in [-0.2, 0) is 23.8 Å². The van der Waals surface area contributed by atoms with Gasteiger partial charge in [0.2, 0.25) is 0 Å². The summed E-state index contributed by atoms with van der Waals surface area (Å²) in [6, 6.07) is 0. The van der Waals surface area contributed by atoms with Crippen LogP contribution in [0, 0.1) is 0 Å². The molecule has 5 nitrogen and oxygen atoms in total. The van der Waals surface area contributed by atoms with E-state index in [9.17, 15) is 9.59 Å². The normalized spacial score (nSPS) is 11.9. The van der Waals surface area contributed by atoms with E-state index < -0.39 is 6.10 Å². The molecule has 0 rings (SSSR count). The third-order valence-corrected chi connectivity index (χ3v) is 2.55. The van der Waals surface area contributed by atoms with Crippen molar-refractivity contribution in [1.29, 1.82) is 0 Å². The van der Waals surface area contributed by atoms with Crippen molar-refractivity contribution in [1.82, 2.24) is 0 Å². The minimum absolute atomic E-state index is 0.219. The third-order valence-electron chi connectivity index (χ3n) is 2.55. The van der Waals surface area contributed by atoms with E-state index in [2.05, 4.69) is 0 Å². The number of ether oxygens (including phenoxy) is 3. The van der Waals surface area contributed by atoms with E-state index in [0.29, 0.717) is 39.1 Å². The van der Waals surface area contributed by atoms with Crippen molar-refractivity contribution >= 4 is 11.9 Å². The summed E-state index contributed by atoms with van der Waals surface area (Å²) in [7, 11) is 0. The van der Waals surface area contributed by atoms with Crippen molar-refractivity contribution in [2.75, 3.05) is 19.8 Å². The fourth-order valence-electron chi connectivity index (χ4n) is 1.54. The van der Waals surface area contributed by atoms with Gasteiger partial charge in [0, 0.05) is 13.0 Å². The van der Waals surface area contributed by atoms with Gasteiger partial charge in [-0.05, 0) is 32.1 Å². The molecule has 0 aromatic rings. The Hall–Kier alpha value is -1.10. The smallest absolute Gasteiger partial charge is 0.335 e. The number of rotatable bonds is 12. The molecule has 118 valence electrons. The SMILES string of the molecule is CCCOC(=O)CCCC(OCCC)C(=O)OCCC. The van der Waals surface area contributed by atoms with E-state index >= 15 is 0 Å². The van der Waals surface area contributed by atoms with Crippen molar-refractivity contribution in [2.24, 2.45) is 0 Å². The average Bonchev–Trinajstić information content (AvgIpc) is 2.45. The summed E-state index contributed by atoms with van der Waals surface area (Å²) in [5.74, 6) is -0.551. The Kier molecular flexibility index (Phi) is 12.2. The molecule has 0 bridgehead atoms. The predicted molar refractivity (Wildman–Crippen MR) is 76.4 cm³/mol. The molecule has 0 saturated carbocycles. The summed E-state index contributed by atoms with van der Waals surface area (Å²) in [5, 5.41) is 0. The van der Waals surface area contributed by atoms with Crippen LogP contribution in [0.4, 0.5) is 0 Å². The van der Waals surface area contributed by atoms with Crippen LogP contribution in [0.2, 0.25) is 0 Å². The highest BCUT2D eigenvalue weighted by molar-refractivity contribution is 5.75. The molecule has 1 atom stereocenters. The maximum atomic E-state index is 11.8. The number of carbonyl (C=O) groups is 2. The van der Waals surface area contributed by atoms with Crippen LogP contribution < -0.4 is 0 Å². The van der Waals surface area contributed by atoms with Crippen LogP contribution in [0.15, 0.2) is 0 Å². The van der Waals surface area contributed by atoms with Crippen LogP contribution in [-0.4, -0.2) is 37.9 Å². The summed E-state index contributed by atoms with van der Waals surface area (Å²) in [6.07, 6.45) is 3.25. The Morgan fingerprint density at radius 1 is 0.900 bits per heavy atom. The zero-order valence-corrected chi connectivity index (χ0v) is 13.0. The van der Waals surface area contributed by atoms with Gasteiger partial charge >= 0.3 is 11.9 Å². The first kappa shape index (κ1) is 18.9. The van der Waals surface area contributed by atoms with Crippen LogP contribution in [0.1, 0.15) is 59.3 Å². The maximum Gasteiger partial charge on any atom is 0.335 e. The molecule has 0 N–H and O–H groups in total. The topological polar surface area (TPSA) is 61.8 Å². The molecule has 0 heterocycles. The molecule has 0 spiro atoms. The van der Waals surface area contributed by atoms with Crippen molar-refractivity contribution < 1.29 is 23.8 Å². The van der Waals surface area contributed by atoms with E-state index in [0.717, 1.165) is 19.3 Å². The molecule has 0 aliphatic heterocycles. The zero-order chi connectivity index (χ0) is 15.2. The second-order valence-electron chi connectivity index (χ2n) is 4.64. The van der Waals surface area contributed by atoms with E-state index in [-0.39, 0.29) is 11.9 Å². The van der Waals surface area contributed by atoms with Crippen molar-refractivity contribution in [3.63, 3.8) is 0 Å². The highest BCUT2D eigenvalue weighted by Gasteiger charge is 2.20. The lowest BCUT2D eigenvalue weighted by Gasteiger charge is -2.16. The summed E-state index contributed by atoms with van der Waals surface area (Å²) >= 11 is 0. The summed E-state index contributed by atoms with van der Waals surface area (Å²) in [4.78, 5) is 23.2. The molecule has 1 unspecified atom stereocenters. The van der Waals surface area contributed by atoms with Crippen LogP contribution in [0.25, 0.3) is 0 Å². The molecule has 0 aromatic carbocycles. The van der Waals surface area contributed by atoms with Gasteiger partial charge in [-0.1, -0.05) is 20.8 Å². The molecule has 0 saturated heterocycles. The lowest BCUT2D eigenvalue weighted by atomic mass is 10.1. The molecule has 5 heteroatoms. The molecule has 0 fully saturated rings. The standard InChI is InChI=1S/C15H28O5/c1-4-10-18-13(15(17)20-12-6-3)8-7-9-14(16)19-11-5-2/h13H,4-12H2,1-3H3. The van der Waals surface area contributed by atoms with Gasteiger partial charge in [0.05, 0.1) is 13.2 Å². The highest BCUT2D eigenvalue weighted by atomic mass is 16.6. The van der Waals surface area contributed by atoms with Gasteiger partial charge in [0.15, 0.2) is 6.10 Å². The Labute approximate surface area is 122 Å². The molecule has 0 aromatic heterocycles. The number of hydrogen-bond acceptors (Lipinski definition) is 5. The quantitative estimate of drug-likeness (QED) is 0.517. The Morgan fingerprint density at radius 2 is 1.50 bits per heavy atom. The molecular weight excluding hydrogens is 260 g/mol. The first-order chi connectivity index (χ1) is 9.65. The van der Waals surface area contributed by atoms with Crippen LogP contribution in [0.5, 0.6) is 0 Å². The average molecular weight is 288 g/mol. The van der Waals surface area contributed by atoms with Gasteiger partial charge in [-0.3, -0.25) is 4.79 Å². The fourth-order valence-corrected chi connectivity index (χ4v) is 1.54. The van der Waals surface area contributed by atoms with Crippen molar-refractivity contribution in [2.45, 2.75) is 65.4 Å². The molecule has 0 radical (unpaired) electrons. The Bertz CT molecular complexity index is 265. The first-order valence-corrected chi connectivity index (χ1v) is 7.59. The zero-order valence-electron chi connectivity index (χ0n) is 13.0. The molecular formula is C15H28O5. The lowest BCUT2D eigenvalue weighted by molar-refractivity contribution is -0.158. The van der Waals surface area contributed by atoms with Gasteiger partial charge in [-0.15, -0.1) is 0 Å². The number of esters is 2. The van der Waals surface area contributed by atoms with Crippen LogP contribution >= 0.6 is 0 Å². The van der Waals surface area contributed by atoms with Gasteiger partial charge in [0.25, 0.3) is 0 Å². The van der Waals surface area contributed by atoms with E-state index in [1.165, 1.54) is 0 Å². The van der Waals surface area contributed by atoms with E-state index in [1.807, 2.05) is 20.8 Å². The molecule has 0 aliphatic rings. The predicted octanol–water partition coefficient (Wildman–Crippen LogP) is 2.86. The summed E-state index contributed by atoms with van der Waals surface area (Å²) in [6.45, 7) is 7.25. The second-order valence-corrected chi connectivity index (χ2v) is 4.64. The fraction of sp³-hybridized carbons (Fsp3) is 0.867. The number of hydrogen-bond donors (Lipinski definition) is 0. The third kappa shape index (κ3) is 9.78. The minimum Gasteiger partial charge on any atom is -0.466 e. The molecule has 20 heavy (non-hydrogen) atoms. The maximum absolute atomic E-state index is 11.8. The van der Waals surface area contributed by atoms with Gasteiger partial charge in [0.1, 0.15) is 0 Å². The molecule has 0 amide bonds.